The number of benzene rings is 3. The number of amides is 1. The third kappa shape index (κ3) is 3.94. The van der Waals surface area contributed by atoms with Crippen LogP contribution in [0.2, 0.25) is 5.02 Å². The molecular weight excluding hydrogens is 423 g/mol. The quantitative estimate of drug-likeness (QED) is 0.492. The van der Waals surface area contributed by atoms with Gasteiger partial charge < -0.3 is 4.90 Å². The Labute approximate surface area is 193 Å². The van der Waals surface area contributed by atoms with Crippen LogP contribution in [-0.4, -0.2) is 30.4 Å². The van der Waals surface area contributed by atoms with Crippen LogP contribution in [0.4, 0.5) is 10.1 Å². The molecule has 2 heterocycles. The first-order valence-electron chi connectivity index (χ1n) is 11.1. The fourth-order valence-electron chi connectivity index (χ4n) is 5.20. The van der Waals surface area contributed by atoms with E-state index < -0.39 is 0 Å². The average Bonchev–Trinajstić information content (AvgIpc) is 3.08. The number of aryl methyl sites for hydroxylation is 1. The number of carbonyl (C=O) groups excluding carboxylic acids is 1. The summed E-state index contributed by atoms with van der Waals surface area (Å²) in [5, 5.41) is 0.569. The maximum absolute atomic E-state index is 13.6. The van der Waals surface area contributed by atoms with Gasteiger partial charge in [0.1, 0.15) is 5.82 Å². The lowest BCUT2D eigenvalue weighted by molar-refractivity contribution is 0.0975. The number of likely N-dealkylation sites (tertiary alicyclic amines) is 1. The SMILES string of the molecule is Cc1ccc2c(c1)C1(CCN(Cc3cccc(F)c3)CC1)CN2C(=O)c1cccc(Cl)c1. The summed E-state index contributed by atoms with van der Waals surface area (Å²) < 4.78 is 13.6. The number of hydrogen-bond donors (Lipinski definition) is 0. The molecular formula is C27H26ClFN2O. The zero-order valence-corrected chi connectivity index (χ0v) is 18.9. The third-order valence-electron chi connectivity index (χ3n) is 6.90. The summed E-state index contributed by atoms with van der Waals surface area (Å²) in [5.74, 6) is -0.192. The van der Waals surface area contributed by atoms with Crippen molar-refractivity contribution in [3.05, 3.63) is 99.8 Å². The normalized spacial score (nSPS) is 17.5. The minimum absolute atomic E-state index is 0.00308. The molecule has 1 fully saturated rings. The van der Waals surface area contributed by atoms with Crippen LogP contribution in [0.1, 0.15) is 39.9 Å². The second-order valence-corrected chi connectivity index (χ2v) is 9.55. The van der Waals surface area contributed by atoms with Crippen LogP contribution in [0, 0.1) is 12.7 Å². The summed E-state index contributed by atoms with van der Waals surface area (Å²) in [4.78, 5) is 17.8. The van der Waals surface area contributed by atoms with E-state index in [1.165, 1.54) is 17.2 Å². The van der Waals surface area contributed by atoms with Gasteiger partial charge in [-0.05, 0) is 80.4 Å². The molecule has 0 radical (unpaired) electrons. The monoisotopic (exact) mass is 448 g/mol. The zero-order valence-electron chi connectivity index (χ0n) is 18.2. The first-order chi connectivity index (χ1) is 15.4. The van der Waals surface area contributed by atoms with Gasteiger partial charge in [-0.15, -0.1) is 0 Å². The third-order valence-corrected chi connectivity index (χ3v) is 7.14. The Balaban J connectivity index is 1.39. The molecule has 0 atom stereocenters. The lowest BCUT2D eigenvalue weighted by Gasteiger charge is -2.40. The number of piperidine rings is 1. The molecule has 0 bridgehead atoms. The van der Waals surface area contributed by atoms with Gasteiger partial charge in [0, 0.05) is 34.8 Å². The number of fused-ring (bicyclic) bond motifs is 2. The van der Waals surface area contributed by atoms with Crippen molar-refractivity contribution in [1.82, 2.24) is 4.90 Å². The molecule has 164 valence electrons. The zero-order chi connectivity index (χ0) is 22.3. The summed E-state index contributed by atoms with van der Waals surface area (Å²) in [6, 6.07) is 20.4. The fraction of sp³-hybridized carbons (Fsp3) is 0.296. The van der Waals surface area contributed by atoms with Crippen LogP contribution in [-0.2, 0) is 12.0 Å². The largest absolute Gasteiger partial charge is 0.307 e. The van der Waals surface area contributed by atoms with E-state index in [-0.39, 0.29) is 17.1 Å². The lowest BCUT2D eigenvalue weighted by atomic mass is 9.74. The van der Waals surface area contributed by atoms with E-state index in [4.69, 9.17) is 11.6 Å². The van der Waals surface area contributed by atoms with E-state index in [0.29, 0.717) is 17.1 Å². The summed E-state index contributed by atoms with van der Waals surface area (Å²) in [5.41, 5.74) is 5.07. The Morgan fingerprint density at radius 1 is 1.03 bits per heavy atom. The van der Waals surface area contributed by atoms with Gasteiger partial charge in [0.15, 0.2) is 0 Å². The van der Waals surface area contributed by atoms with Crippen molar-refractivity contribution >= 4 is 23.2 Å². The first-order valence-corrected chi connectivity index (χ1v) is 11.5. The molecule has 3 nitrogen and oxygen atoms in total. The standard InChI is InChI=1S/C27H26ClFN2O/c1-19-8-9-25-24(14-19)27(18-31(25)26(32)21-5-3-6-22(28)16-21)10-12-30(13-11-27)17-20-4-2-7-23(29)15-20/h2-9,14-16H,10-13,17-18H2,1H3. The van der Waals surface area contributed by atoms with Crippen molar-refractivity contribution in [2.24, 2.45) is 0 Å². The maximum atomic E-state index is 13.6. The number of nitrogens with zero attached hydrogens (tertiary/aromatic N) is 2. The predicted octanol–water partition coefficient (Wildman–Crippen LogP) is 5.98. The highest BCUT2D eigenvalue weighted by molar-refractivity contribution is 6.31. The van der Waals surface area contributed by atoms with Crippen LogP contribution in [0.15, 0.2) is 66.7 Å². The van der Waals surface area contributed by atoms with E-state index in [1.807, 2.05) is 23.1 Å². The van der Waals surface area contributed by atoms with Crippen molar-refractivity contribution < 1.29 is 9.18 Å². The first kappa shape index (κ1) is 21.2. The van der Waals surface area contributed by atoms with Gasteiger partial charge in [0.05, 0.1) is 0 Å². The Bertz CT molecular complexity index is 1170. The highest BCUT2D eigenvalue weighted by atomic mass is 35.5. The number of hydrogen-bond acceptors (Lipinski definition) is 2. The smallest absolute Gasteiger partial charge is 0.258 e. The Kier molecular flexibility index (Phi) is 5.52. The van der Waals surface area contributed by atoms with Crippen molar-refractivity contribution in [2.45, 2.75) is 31.7 Å². The molecule has 0 saturated carbocycles. The summed E-state index contributed by atoms with van der Waals surface area (Å²) in [7, 11) is 0. The van der Waals surface area contributed by atoms with Crippen molar-refractivity contribution in [1.29, 1.82) is 0 Å². The van der Waals surface area contributed by atoms with E-state index in [0.717, 1.165) is 43.7 Å². The molecule has 0 aromatic heterocycles. The Hall–Kier alpha value is -2.69. The predicted molar refractivity (Wildman–Crippen MR) is 127 cm³/mol. The second-order valence-electron chi connectivity index (χ2n) is 9.11. The number of halogens is 2. The molecule has 3 aromatic carbocycles. The Morgan fingerprint density at radius 2 is 1.81 bits per heavy atom. The molecule has 5 heteroatoms. The van der Waals surface area contributed by atoms with E-state index in [2.05, 4.69) is 30.0 Å². The number of anilines is 1. The van der Waals surface area contributed by atoms with Crippen molar-refractivity contribution in [3.8, 4) is 0 Å². The summed E-state index contributed by atoms with van der Waals surface area (Å²) in [6.45, 7) is 5.38. The summed E-state index contributed by atoms with van der Waals surface area (Å²) in [6.07, 6.45) is 1.94. The molecule has 1 saturated heterocycles. The number of rotatable bonds is 3. The molecule has 5 rings (SSSR count). The minimum atomic E-state index is -0.189. The fourth-order valence-corrected chi connectivity index (χ4v) is 5.39. The second kappa shape index (κ2) is 8.34. The molecule has 1 spiro atoms. The molecule has 0 N–H and O–H groups in total. The van der Waals surface area contributed by atoms with E-state index in [1.54, 1.807) is 24.3 Å². The van der Waals surface area contributed by atoms with Crippen LogP contribution in [0.25, 0.3) is 0 Å². The molecule has 2 aliphatic rings. The van der Waals surface area contributed by atoms with E-state index >= 15 is 0 Å². The van der Waals surface area contributed by atoms with Gasteiger partial charge in [-0.1, -0.05) is 47.5 Å². The summed E-state index contributed by atoms with van der Waals surface area (Å²) >= 11 is 6.15. The highest BCUT2D eigenvalue weighted by Gasteiger charge is 2.46. The van der Waals surface area contributed by atoms with Gasteiger partial charge >= 0.3 is 0 Å². The van der Waals surface area contributed by atoms with Gasteiger partial charge in [0.25, 0.3) is 5.91 Å². The molecule has 2 aliphatic heterocycles. The average molecular weight is 449 g/mol. The highest BCUT2D eigenvalue weighted by Crippen LogP contribution is 2.48. The van der Waals surface area contributed by atoms with Gasteiger partial charge in [-0.2, -0.15) is 0 Å². The van der Waals surface area contributed by atoms with Crippen LogP contribution < -0.4 is 4.90 Å². The van der Waals surface area contributed by atoms with Gasteiger partial charge in [0.2, 0.25) is 0 Å². The van der Waals surface area contributed by atoms with Crippen LogP contribution in [0.5, 0.6) is 0 Å². The molecule has 1 amide bonds. The van der Waals surface area contributed by atoms with Crippen LogP contribution >= 0.6 is 11.6 Å². The lowest BCUT2D eigenvalue weighted by Crippen LogP contribution is -2.45. The van der Waals surface area contributed by atoms with Gasteiger partial charge in [-0.25, -0.2) is 4.39 Å². The molecule has 0 aliphatic carbocycles. The number of carbonyl (C=O) groups is 1. The van der Waals surface area contributed by atoms with Crippen LogP contribution in [0.3, 0.4) is 0 Å². The van der Waals surface area contributed by atoms with Gasteiger partial charge in [-0.3, -0.25) is 9.69 Å². The topological polar surface area (TPSA) is 23.6 Å². The molecule has 32 heavy (non-hydrogen) atoms. The molecule has 0 unspecified atom stereocenters. The van der Waals surface area contributed by atoms with Crippen molar-refractivity contribution in [3.63, 3.8) is 0 Å². The van der Waals surface area contributed by atoms with Crippen molar-refractivity contribution in [2.75, 3.05) is 24.5 Å². The minimum Gasteiger partial charge on any atom is -0.307 e. The van der Waals surface area contributed by atoms with E-state index in [9.17, 15) is 9.18 Å². The molecule has 3 aromatic rings. The maximum Gasteiger partial charge on any atom is 0.258 e. The Morgan fingerprint density at radius 3 is 2.56 bits per heavy atom.